The zero-order valence-electron chi connectivity index (χ0n) is 7.25. The minimum Gasteiger partial charge on any atom is -0.478 e. The number of carbonyl (C=O) groups is 2. The quantitative estimate of drug-likeness (QED) is 0.749. The monoisotopic (exact) mass is 248 g/mol. The van der Waals surface area contributed by atoms with E-state index in [0.29, 0.717) is 0 Å². The molecule has 0 unspecified atom stereocenters. The number of nitrogens with one attached hydrogen (secondary N) is 1. The molecule has 0 saturated heterocycles. The maximum atomic E-state index is 10.8. The standard InChI is InChI=1S/C8H6Cl2N2O3/c9-3-1-2-4(10)6(12-8(11)15)5(3)7(13)14/h1-2H,(H,13,14)(H3,11,12,15). The Labute approximate surface area is 94.8 Å². The number of carboxylic acid groups (broad SMARTS) is 1. The Morgan fingerprint density at radius 2 is 1.80 bits per heavy atom. The lowest BCUT2D eigenvalue weighted by Crippen LogP contribution is -2.21. The topological polar surface area (TPSA) is 92.4 Å². The maximum Gasteiger partial charge on any atom is 0.339 e. The summed E-state index contributed by atoms with van der Waals surface area (Å²) in [5.41, 5.74) is 4.47. The molecule has 0 aliphatic heterocycles. The molecule has 0 saturated carbocycles. The molecule has 0 heterocycles. The molecule has 0 fully saturated rings. The van der Waals surface area contributed by atoms with Crippen LogP contribution in [0.2, 0.25) is 10.0 Å². The van der Waals surface area contributed by atoms with E-state index in [1.165, 1.54) is 12.1 Å². The summed E-state index contributed by atoms with van der Waals surface area (Å²) in [7, 11) is 0. The molecule has 80 valence electrons. The Balaban J connectivity index is 3.38. The summed E-state index contributed by atoms with van der Waals surface area (Å²) >= 11 is 11.3. The van der Waals surface area contributed by atoms with Crippen LogP contribution in [0.15, 0.2) is 12.1 Å². The molecule has 15 heavy (non-hydrogen) atoms. The molecule has 0 atom stereocenters. The fourth-order valence-corrected chi connectivity index (χ4v) is 1.45. The van der Waals surface area contributed by atoms with Gasteiger partial charge < -0.3 is 16.2 Å². The first-order chi connectivity index (χ1) is 6.93. The molecule has 0 radical (unpaired) electrons. The van der Waals surface area contributed by atoms with E-state index in [4.69, 9.17) is 34.0 Å². The number of urea groups is 1. The molecule has 0 bridgehead atoms. The van der Waals surface area contributed by atoms with E-state index in [1.54, 1.807) is 0 Å². The number of benzene rings is 1. The van der Waals surface area contributed by atoms with E-state index in [2.05, 4.69) is 5.32 Å². The van der Waals surface area contributed by atoms with Crippen LogP contribution in [-0.4, -0.2) is 17.1 Å². The van der Waals surface area contributed by atoms with Crippen molar-refractivity contribution in [2.24, 2.45) is 5.73 Å². The lowest BCUT2D eigenvalue weighted by molar-refractivity contribution is 0.0698. The van der Waals surface area contributed by atoms with Gasteiger partial charge in [0.25, 0.3) is 0 Å². The van der Waals surface area contributed by atoms with Crippen LogP contribution in [0.4, 0.5) is 10.5 Å². The SMILES string of the molecule is NC(=O)Nc1c(Cl)ccc(Cl)c1C(=O)O. The van der Waals surface area contributed by atoms with Gasteiger partial charge in [0.15, 0.2) is 0 Å². The molecule has 1 rings (SSSR count). The van der Waals surface area contributed by atoms with Crippen molar-refractivity contribution < 1.29 is 14.7 Å². The van der Waals surface area contributed by atoms with Gasteiger partial charge in [-0.3, -0.25) is 0 Å². The first-order valence-electron chi connectivity index (χ1n) is 3.71. The van der Waals surface area contributed by atoms with Crippen molar-refractivity contribution in [1.29, 1.82) is 0 Å². The summed E-state index contributed by atoms with van der Waals surface area (Å²) < 4.78 is 0. The van der Waals surface area contributed by atoms with E-state index < -0.39 is 12.0 Å². The van der Waals surface area contributed by atoms with E-state index >= 15 is 0 Å². The molecule has 5 nitrogen and oxygen atoms in total. The highest BCUT2D eigenvalue weighted by atomic mass is 35.5. The third kappa shape index (κ3) is 2.51. The average molecular weight is 249 g/mol. The first-order valence-corrected chi connectivity index (χ1v) is 4.47. The smallest absolute Gasteiger partial charge is 0.339 e. The number of nitrogens with two attached hydrogens (primary N) is 1. The van der Waals surface area contributed by atoms with Gasteiger partial charge in [0.1, 0.15) is 5.56 Å². The summed E-state index contributed by atoms with van der Waals surface area (Å²) in [5.74, 6) is -1.30. The number of amides is 2. The molecule has 7 heteroatoms. The number of rotatable bonds is 2. The number of primary amides is 1. The van der Waals surface area contributed by atoms with Gasteiger partial charge in [-0.2, -0.15) is 0 Å². The third-order valence-corrected chi connectivity index (χ3v) is 2.20. The van der Waals surface area contributed by atoms with Crippen molar-refractivity contribution in [1.82, 2.24) is 0 Å². The van der Waals surface area contributed by atoms with Gasteiger partial charge in [-0.1, -0.05) is 23.2 Å². The van der Waals surface area contributed by atoms with Gasteiger partial charge in [0.05, 0.1) is 15.7 Å². The zero-order chi connectivity index (χ0) is 11.6. The van der Waals surface area contributed by atoms with Crippen molar-refractivity contribution in [2.45, 2.75) is 0 Å². The summed E-state index contributed by atoms with van der Waals surface area (Å²) in [6.07, 6.45) is 0. The minimum absolute atomic E-state index is 0.0318. The van der Waals surface area contributed by atoms with Gasteiger partial charge in [0.2, 0.25) is 0 Å². The second-order valence-electron chi connectivity index (χ2n) is 2.57. The number of hydrogen-bond acceptors (Lipinski definition) is 2. The minimum atomic E-state index is -1.30. The number of carbonyl (C=O) groups excluding carboxylic acids is 1. The number of anilines is 1. The van der Waals surface area contributed by atoms with Crippen molar-refractivity contribution in [3.05, 3.63) is 27.7 Å². The van der Waals surface area contributed by atoms with Crippen molar-refractivity contribution in [3.63, 3.8) is 0 Å². The molecule has 1 aromatic carbocycles. The molecule has 0 aliphatic rings. The first kappa shape index (κ1) is 11.6. The van der Waals surface area contributed by atoms with E-state index in [1.807, 2.05) is 0 Å². The second-order valence-corrected chi connectivity index (χ2v) is 3.39. The van der Waals surface area contributed by atoms with Gasteiger partial charge >= 0.3 is 12.0 Å². The Morgan fingerprint density at radius 3 is 2.27 bits per heavy atom. The van der Waals surface area contributed by atoms with Crippen LogP contribution in [0, 0.1) is 0 Å². The maximum absolute atomic E-state index is 10.8. The summed E-state index contributed by atoms with van der Waals surface area (Å²) in [6, 6.07) is 1.77. The van der Waals surface area contributed by atoms with Gasteiger partial charge in [0, 0.05) is 0 Å². The Hall–Kier alpha value is -1.46. The number of carboxylic acids is 1. The van der Waals surface area contributed by atoms with Crippen LogP contribution in [-0.2, 0) is 0 Å². The molecule has 2 amide bonds. The van der Waals surface area contributed by atoms with Crippen LogP contribution in [0.25, 0.3) is 0 Å². The van der Waals surface area contributed by atoms with Gasteiger partial charge in [-0.15, -0.1) is 0 Å². The van der Waals surface area contributed by atoms with Gasteiger partial charge in [-0.05, 0) is 12.1 Å². The summed E-state index contributed by atoms with van der Waals surface area (Å²) in [5, 5.41) is 11.0. The third-order valence-electron chi connectivity index (χ3n) is 1.57. The van der Waals surface area contributed by atoms with Crippen LogP contribution in [0.3, 0.4) is 0 Å². The Bertz CT molecular complexity index is 434. The zero-order valence-corrected chi connectivity index (χ0v) is 8.76. The average Bonchev–Trinajstić information content (AvgIpc) is 2.10. The van der Waals surface area contributed by atoms with Crippen LogP contribution in [0.5, 0.6) is 0 Å². The number of hydrogen-bond donors (Lipinski definition) is 3. The van der Waals surface area contributed by atoms with Crippen molar-refractivity contribution in [2.75, 3.05) is 5.32 Å². The van der Waals surface area contributed by atoms with Crippen LogP contribution in [0.1, 0.15) is 10.4 Å². The Kier molecular flexibility index (Phi) is 3.39. The van der Waals surface area contributed by atoms with Gasteiger partial charge in [-0.25, -0.2) is 9.59 Å². The van der Waals surface area contributed by atoms with Crippen molar-refractivity contribution >= 4 is 40.9 Å². The summed E-state index contributed by atoms with van der Waals surface area (Å²) in [6.45, 7) is 0. The highest BCUT2D eigenvalue weighted by Gasteiger charge is 2.18. The normalized spacial score (nSPS) is 9.73. The highest BCUT2D eigenvalue weighted by Crippen LogP contribution is 2.31. The van der Waals surface area contributed by atoms with Crippen LogP contribution < -0.4 is 11.1 Å². The Morgan fingerprint density at radius 1 is 1.27 bits per heavy atom. The molecular formula is C8H6Cl2N2O3. The molecule has 0 aliphatic carbocycles. The van der Waals surface area contributed by atoms with Crippen molar-refractivity contribution in [3.8, 4) is 0 Å². The van der Waals surface area contributed by atoms with Crippen LogP contribution >= 0.6 is 23.2 Å². The highest BCUT2D eigenvalue weighted by molar-refractivity contribution is 6.38. The lowest BCUT2D eigenvalue weighted by Gasteiger charge is -2.09. The lowest BCUT2D eigenvalue weighted by atomic mass is 10.2. The summed E-state index contributed by atoms with van der Waals surface area (Å²) in [4.78, 5) is 21.5. The predicted molar refractivity (Wildman–Crippen MR) is 56.6 cm³/mol. The molecule has 0 spiro atoms. The number of halogens is 2. The van der Waals surface area contributed by atoms with E-state index in [0.717, 1.165) is 0 Å². The fraction of sp³-hybridized carbons (Fsp3) is 0. The van der Waals surface area contributed by atoms with E-state index in [9.17, 15) is 9.59 Å². The predicted octanol–water partition coefficient (Wildman–Crippen LogP) is 2.18. The molecule has 0 aromatic heterocycles. The fourth-order valence-electron chi connectivity index (χ4n) is 1.01. The number of aromatic carboxylic acids is 1. The van der Waals surface area contributed by atoms with E-state index in [-0.39, 0.29) is 21.3 Å². The second kappa shape index (κ2) is 4.37. The molecule has 1 aromatic rings. The largest absolute Gasteiger partial charge is 0.478 e. The molecular weight excluding hydrogens is 243 g/mol. The molecule has 4 N–H and O–H groups in total.